The standard InChI is InChI=1S/C24H21N5O2S/c30-22-21(32-24(31)27-22)16-19-9-10-25-23(26-19)29-13-11-28(12-14-29)20-8-4-7-18(15-20)17-5-2-1-3-6-17/h1-10,15-16H,11-14H2,(H,27,30,31)/b21-16+. The number of carbonyl (C=O) groups is 2. The zero-order valence-corrected chi connectivity index (χ0v) is 18.1. The van der Waals surface area contributed by atoms with Gasteiger partial charge in [0.25, 0.3) is 11.1 Å². The first-order valence-corrected chi connectivity index (χ1v) is 11.2. The van der Waals surface area contributed by atoms with E-state index in [9.17, 15) is 9.59 Å². The molecule has 2 saturated heterocycles. The predicted octanol–water partition coefficient (Wildman–Crippen LogP) is 3.79. The molecule has 1 aromatic heterocycles. The van der Waals surface area contributed by atoms with Crippen molar-refractivity contribution in [1.29, 1.82) is 0 Å². The van der Waals surface area contributed by atoms with Crippen molar-refractivity contribution in [2.45, 2.75) is 0 Å². The first kappa shape index (κ1) is 20.3. The molecule has 0 saturated carbocycles. The minimum absolute atomic E-state index is 0.350. The highest BCUT2D eigenvalue weighted by Gasteiger charge is 2.25. The number of benzene rings is 2. The molecule has 5 rings (SSSR count). The zero-order valence-electron chi connectivity index (χ0n) is 17.3. The molecule has 2 fully saturated rings. The van der Waals surface area contributed by atoms with Crippen LogP contribution in [-0.2, 0) is 4.79 Å². The molecule has 32 heavy (non-hydrogen) atoms. The van der Waals surface area contributed by atoms with E-state index in [-0.39, 0.29) is 11.1 Å². The molecule has 2 aliphatic heterocycles. The Balaban J connectivity index is 1.27. The molecule has 2 amide bonds. The first-order chi connectivity index (χ1) is 15.7. The van der Waals surface area contributed by atoms with Crippen molar-refractivity contribution >= 4 is 40.6 Å². The van der Waals surface area contributed by atoms with Crippen LogP contribution in [0.3, 0.4) is 0 Å². The molecule has 0 bridgehead atoms. The number of amides is 2. The van der Waals surface area contributed by atoms with Crippen molar-refractivity contribution in [1.82, 2.24) is 15.3 Å². The monoisotopic (exact) mass is 443 g/mol. The third kappa shape index (κ3) is 4.36. The van der Waals surface area contributed by atoms with Crippen LogP contribution >= 0.6 is 11.8 Å². The number of carbonyl (C=O) groups excluding carboxylic acids is 2. The van der Waals surface area contributed by atoms with E-state index in [4.69, 9.17) is 0 Å². The molecular weight excluding hydrogens is 422 g/mol. The van der Waals surface area contributed by atoms with Gasteiger partial charge in [-0.1, -0.05) is 42.5 Å². The largest absolute Gasteiger partial charge is 0.368 e. The molecule has 2 aromatic carbocycles. The van der Waals surface area contributed by atoms with Crippen LogP contribution in [0, 0.1) is 0 Å². The summed E-state index contributed by atoms with van der Waals surface area (Å²) in [7, 11) is 0. The normalized spacial score (nSPS) is 17.7. The van der Waals surface area contributed by atoms with Gasteiger partial charge in [-0.2, -0.15) is 0 Å². The van der Waals surface area contributed by atoms with Crippen molar-refractivity contribution < 1.29 is 9.59 Å². The fourth-order valence-electron chi connectivity index (χ4n) is 3.83. The molecule has 1 N–H and O–H groups in total. The maximum absolute atomic E-state index is 11.8. The van der Waals surface area contributed by atoms with Crippen LogP contribution in [0.2, 0.25) is 0 Å². The molecule has 0 unspecified atom stereocenters. The molecule has 3 aromatic rings. The average Bonchev–Trinajstić information content (AvgIpc) is 3.16. The van der Waals surface area contributed by atoms with Crippen molar-refractivity contribution in [3.8, 4) is 11.1 Å². The lowest BCUT2D eigenvalue weighted by Gasteiger charge is -2.36. The summed E-state index contributed by atoms with van der Waals surface area (Å²) in [5.41, 5.74) is 4.24. The summed E-state index contributed by atoms with van der Waals surface area (Å²) in [6.07, 6.45) is 3.31. The van der Waals surface area contributed by atoms with Crippen LogP contribution < -0.4 is 15.1 Å². The smallest absolute Gasteiger partial charge is 0.290 e. The number of nitrogens with zero attached hydrogens (tertiary/aromatic N) is 4. The minimum atomic E-state index is -0.383. The predicted molar refractivity (Wildman–Crippen MR) is 127 cm³/mol. The second kappa shape index (κ2) is 8.84. The number of aromatic nitrogens is 2. The van der Waals surface area contributed by atoms with Crippen LogP contribution in [0.25, 0.3) is 17.2 Å². The molecule has 0 aliphatic carbocycles. The van der Waals surface area contributed by atoms with E-state index in [0.29, 0.717) is 16.5 Å². The van der Waals surface area contributed by atoms with Gasteiger partial charge in [-0.15, -0.1) is 0 Å². The molecule has 3 heterocycles. The lowest BCUT2D eigenvalue weighted by atomic mass is 10.0. The Bertz CT molecular complexity index is 1190. The second-order valence-corrected chi connectivity index (χ2v) is 8.54. The van der Waals surface area contributed by atoms with Gasteiger partial charge in [0.15, 0.2) is 0 Å². The van der Waals surface area contributed by atoms with Crippen molar-refractivity contribution in [2.24, 2.45) is 0 Å². The Morgan fingerprint density at radius 1 is 0.875 bits per heavy atom. The first-order valence-electron chi connectivity index (χ1n) is 10.4. The van der Waals surface area contributed by atoms with Gasteiger partial charge in [0.1, 0.15) is 0 Å². The molecule has 2 aliphatic rings. The van der Waals surface area contributed by atoms with E-state index in [1.807, 2.05) is 6.07 Å². The fraction of sp³-hybridized carbons (Fsp3) is 0.167. The SMILES string of the molecule is O=C1NC(=O)/C(=C\c2ccnc(N3CCN(c4cccc(-c5ccccc5)c4)CC3)n2)S1. The van der Waals surface area contributed by atoms with Crippen molar-refractivity contribution in [3.05, 3.63) is 77.5 Å². The number of imide groups is 1. The van der Waals surface area contributed by atoms with Gasteiger partial charge < -0.3 is 9.80 Å². The van der Waals surface area contributed by atoms with E-state index in [0.717, 1.165) is 37.9 Å². The summed E-state index contributed by atoms with van der Waals surface area (Å²) in [4.78, 5) is 37.0. The fourth-order valence-corrected chi connectivity index (χ4v) is 4.49. The number of rotatable bonds is 4. The number of hydrogen-bond acceptors (Lipinski definition) is 7. The third-order valence-electron chi connectivity index (χ3n) is 5.47. The topological polar surface area (TPSA) is 78.4 Å². The summed E-state index contributed by atoms with van der Waals surface area (Å²) >= 11 is 0.888. The van der Waals surface area contributed by atoms with E-state index < -0.39 is 0 Å². The third-order valence-corrected chi connectivity index (χ3v) is 6.28. The highest BCUT2D eigenvalue weighted by molar-refractivity contribution is 8.18. The van der Waals surface area contributed by atoms with E-state index in [1.165, 1.54) is 16.8 Å². The number of nitrogens with one attached hydrogen (secondary N) is 1. The van der Waals surface area contributed by atoms with E-state index in [1.54, 1.807) is 18.3 Å². The van der Waals surface area contributed by atoms with E-state index >= 15 is 0 Å². The molecule has 0 radical (unpaired) electrons. The highest BCUT2D eigenvalue weighted by atomic mass is 32.2. The highest BCUT2D eigenvalue weighted by Crippen LogP contribution is 2.27. The number of hydrogen-bond donors (Lipinski definition) is 1. The molecule has 160 valence electrons. The Morgan fingerprint density at radius 3 is 2.38 bits per heavy atom. The molecule has 0 spiro atoms. The second-order valence-electron chi connectivity index (χ2n) is 7.52. The van der Waals surface area contributed by atoms with Gasteiger partial charge in [-0.05, 0) is 47.2 Å². The van der Waals surface area contributed by atoms with Gasteiger partial charge in [0, 0.05) is 38.1 Å². The average molecular weight is 444 g/mol. The van der Waals surface area contributed by atoms with Crippen molar-refractivity contribution in [2.75, 3.05) is 36.0 Å². The summed E-state index contributed by atoms with van der Waals surface area (Å²) in [5.74, 6) is 0.248. The van der Waals surface area contributed by atoms with Crippen LogP contribution in [0.15, 0.2) is 71.8 Å². The van der Waals surface area contributed by atoms with Crippen LogP contribution in [-0.4, -0.2) is 47.3 Å². The maximum Gasteiger partial charge on any atom is 0.290 e. The van der Waals surface area contributed by atoms with Gasteiger partial charge in [-0.25, -0.2) is 9.97 Å². The Morgan fingerprint density at radius 2 is 1.62 bits per heavy atom. The van der Waals surface area contributed by atoms with Crippen molar-refractivity contribution in [3.63, 3.8) is 0 Å². The molecular formula is C24H21N5O2S. The molecule has 8 heteroatoms. The van der Waals surface area contributed by atoms with Gasteiger partial charge in [0.2, 0.25) is 5.95 Å². The Labute approximate surface area is 190 Å². The minimum Gasteiger partial charge on any atom is -0.368 e. The van der Waals surface area contributed by atoms with Gasteiger partial charge in [-0.3, -0.25) is 14.9 Å². The molecule has 7 nitrogen and oxygen atoms in total. The summed E-state index contributed by atoms with van der Waals surface area (Å²) in [5, 5.41) is 1.90. The van der Waals surface area contributed by atoms with Gasteiger partial charge in [0.05, 0.1) is 10.6 Å². The summed E-state index contributed by atoms with van der Waals surface area (Å²) < 4.78 is 0. The lowest BCUT2D eigenvalue weighted by molar-refractivity contribution is -0.115. The Hall–Kier alpha value is -3.65. The number of piperazine rings is 1. The van der Waals surface area contributed by atoms with Gasteiger partial charge >= 0.3 is 0 Å². The lowest BCUT2D eigenvalue weighted by Crippen LogP contribution is -2.47. The quantitative estimate of drug-likeness (QED) is 0.615. The molecule has 0 atom stereocenters. The zero-order chi connectivity index (χ0) is 21.9. The van der Waals surface area contributed by atoms with Crippen LogP contribution in [0.1, 0.15) is 5.69 Å². The summed E-state index contributed by atoms with van der Waals surface area (Å²) in [6, 6.07) is 20.8. The van der Waals surface area contributed by atoms with Crippen LogP contribution in [0.5, 0.6) is 0 Å². The Kier molecular flexibility index (Phi) is 5.60. The maximum atomic E-state index is 11.8. The number of thioether (sulfide) groups is 1. The summed E-state index contributed by atoms with van der Waals surface area (Å²) in [6.45, 7) is 3.31. The van der Waals surface area contributed by atoms with E-state index in [2.05, 4.69) is 73.6 Å². The number of anilines is 2. The van der Waals surface area contributed by atoms with Crippen LogP contribution in [0.4, 0.5) is 16.4 Å².